The molecule has 2 aromatic rings. The quantitative estimate of drug-likeness (QED) is 0.883. The average Bonchev–Trinajstić information content (AvgIpc) is 3.01. The van der Waals surface area contributed by atoms with Gasteiger partial charge in [-0.1, -0.05) is 19.0 Å². The molecule has 2 N–H and O–H groups in total. The Morgan fingerprint density at radius 1 is 1.42 bits per heavy atom. The van der Waals surface area contributed by atoms with Crippen LogP contribution in [0, 0.1) is 6.92 Å². The maximum atomic E-state index is 5.59. The first-order valence-electron chi connectivity index (χ1n) is 6.25. The van der Waals surface area contributed by atoms with Gasteiger partial charge in [0, 0.05) is 11.8 Å². The minimum Gasteiger partial charge on any atom is -0.333 e. The van der Waals surface area contributed by atoms with Crippen LogP contribution in [0.1, 0.15) is 36.8 Å². The SMILES string of the molecule is CCC(C)SCc1noc(-c2sc(CN)nc2C)n1. The van der Waals surface area contributed by atoms with E-state index in [-0.39, 0.29) is 0 Å². The monoisotopic (exact) mass is 298 g/mol. The zero-order valence-electron chi connectivity index (χ0n) is 11.3. The van der Waals surface area contributed by atoms with E-state index < -0.39 is 0 Å². The first kappa shape index (κ1) is 14.5. The van der Waals surface area contributed by atoms with Gasteiger partial charge in [0.1, 0.15) is 9.88 Å². The lowest BCUT2D eigenvalue weighted by Gasteiger charge is -2.04. The van der Waals surface area contributed by atoms with E-state index in [1.807, 2.05) is 18.7 Å². The fourth-order valence-corrected chi connectivity index (χ4v) is 3.13. The Balaban J connectivity index is 2.09. The van der Waals surface area contributed by atoms with Crippen molar-refractivity contribution in [3.8, 4) is 10.8 Å². The minimum absolute atomic E-state index is 0.441. The Bertz CT molecular complexity index is 538. The van der Waals surface area contributed by atoms with Crippen molar-refractivity contribution in [2.75, 3.05) is 0 Å². The molecular formula is C12H18N4OS2. The zero-order chi connectivity index (χ0) is 13.8. The van der Waals surface area contributed by atoms with E-state index in [1.165, 1.54) is 11.3 Å². The smallest absolute Gasteiger partial charge is 0.269 e. The highest BCUT2D eigenvalue weighted by Crippen LogP contribution is 2.29. The summed E-state index contributed by atoms with van der Waals surface area (Å²) in [5.74, 6) is 2.07. The summed E-state index contributed by atoms with van der Waals surface area (Å²) in [6.45, 7) is 6.75. The molecule has 5 nitrogen and oxygen atoms in total. The maximum Gasteiger partial charge on any atom is 0.269 e. The van der Waals surface area contributed by atoms with Crippen LogP contribution in [-0.4, -0.2) is 20.4 Å². The number of hydrogen-bond acceptors (Lipinski definition) is 7. The van der Waals surface area contributed by atoms with Crippen LogP contribution >= 0.6 is 23.1 Å². The van der Waals surface area contributed by atoms with Crippen molar-refractivity contribution in [2.24, 2.45) is 5.73 Å². The molecule has 0 aromatic carbocycles. The van der Waals surface area contributed by atoms with Gasteiger partial charge in [0.15, 0.2) is 5.82 Å². The second-order valence-corrected chi connectivity index (χ2v) is 6.78. The van der Waals surface area contributed by atoms with Crippen LogP contribution in [0.5, 0.6) is 0 Å². The van der Waals surface area contributed by atoms with Crippen LogP contribution in [0.2, 0.25) is 0 Å². The van der Waals surface area contributed by atoms with Gasteiger partial charge in [-0.2, -0.15) is 16.7 Å². The molecule has 19 heavy (non-hydrogen) atoms. The van der Waals surface area contributed by atoms with Gasteiger partial charge < -0.3 is 10.3 Å². The molecule has 0 amide bonds. The predicted molar refractivity (Wildman–Crippen MR) is 79.1 cm³/mol. The standard InChI is InChI=1S/C12H18N4OS2/c1-4-7(2)18-6-9-15-12(17-16-9)11-8(3)14-10(5-13)19-11/h7H,4-6,13H2,1-3H3. The van der Waals surface area contributed by atoms with Gasteiger partial charge in [-0.25, -0.2) is 4.98 Å². The van der Waals surface area contributed by atoms with Gasteiger partial charge in [0.05, 0.1) is 11.4 Å². The summed E-state index contributed by atoms with van der Waals surface area (Å²) in [4.78, 5) is 9.71. The summed E-state index contributed by atoms with van der Waals surface area (Å²) in [6.07, 6.45) is 1.14. The molecule has 2 aromatic heterocycles. The fourth-order valence-electron chi connectivity index (χ4n) is 1.48. The number of nitrogens with zero attached hydrogens (tertiary/aromatic N) is 3. The molecule has 0 bridgehead atoms. The predicted octanol–water partition coefficient (Wildman–Crippen LogP) is 2.99. The van der Waals surface area contributed by atoms with Crippen molar-refractivity contribution < 1.29 is 4.52 Å². The van der Waals surface area contributed by atoms with E-state index in [2.05, 4.69) is 29.0 Å². The van der Waals surface area contributed by atoms with Gasteiger partial charge in [-0.3, -0.25) is 0 Å². The molecule has 0 saturated carbocycles. The van der Waals surface area contributed by atoms with Crippen LogP contribution in [-0.2, 0) is 12.3 Å². The minimum atomic E-state index is 0.441. The van der Waals surface area contributed by atoms with E-state index >= 15 is 0 Å². The summed E-state index contributed by atoms with van der Waals surface area (Å²) in [7, 11) is 0. The van der Waals surface area contributed by atoms with Gasteiger partial charge in [-0.15, -0.1) is 11.3 Å². The van der Waals surface area contributed by atoms with Crippen molar-refractivity contribution in [1.82, 2.24) is 15.1 Å². The largest absolute Gasteiger partial charge is 0.333 e. The molecule has 0 radical (unpaired) electrons. The summed E-state index contributed by atoms with van der Waals surface area (Å²) < 4.78 is 5.31. The lowest BCUT2D eigenvalue weighted by Crippen LogP contribution is -1.94. The van der Waals surface area contributed by atoms with Crippen LogP contribution < -0.4 is 5.73 Å². The Labute approximate surface area is 121 Å². The molecule has 0 aliphatic heterocycles. The van der Waals surface area contributed by atoms with E-state index in [0.29, 0.717) is 17.7 Å². The lowest BCUT2D eigenvalue weighted by atomic mass is 10.4. The number of hydrogen-bond donors (Lipinski definition) is 1. The van der Waals surface area contributed by atoms with Gasteiger partial charge in [0.2, 0.25) is 0 Å². The van der Waals surface area contributed by atoms with E-state index in [4.69, 9.17) is 10.3 Å². The normalized spacial score (nSPS) is 12.8. The van der Waals surface area contributed by atoms with E-state index in [0.717, 1.165) is 33.6 Å². The Morgan fingerprint density at radius 3 is 2.84 bits per heavy atom. The van der Waals surface area contributed by atoms with Crippen molar-refractivity contribution in [3.63, 3.8) is 0 Å². The molecule has 104 valence electrons. The first-order chi connectivity index (χ1) is 9.13. The summed E-state index contributed by atoms with van der Waals surface area (Å²) in [5.41, 5.74) is 6.49. The third-order valence-corrected chi connectivity index (χ3v) is 5.24. The molecular weight excluding hydrogens is 280 g/mol. The summed E-state index contributed by atoms with van der Waals surface area (Å²) in [5, 5.41) is 5.51. The molecule has 0 fully saturated rings. The Kier molecular flexibility index (Phi) is 4.95. The van der Waals surface area contributed by atoms with Crippen LogP contribution in [0.25, 0.3) is 10.8 Å². The number of thioether (sulfide) groups is 1. The highest BCUT2D eigenvalue weighted by atomic mass is 32.2. The highest BCUT2D eigenvalue weighted by Gasteiger charge is 2.16. The van der Waals surface area contributed by atoms with Crippen molar-refractivity contribution in [1.29, 1.82) is 0 Å². The number of nitrogens with two attached hydrogens (primary N) is 1. The number of thiazole rings is 1. The second-order valence-electron chi connectivity index (χ2n) is 4.27. The number of aromatic nitrogens is 3. The van der Waals surface area contributed by atoms with Crippen molar-refractivity contribution >= 4 is 23.1 Å². The molecule has 0 aliphatic rings. The van der Waals surface area contributed by atoms with E-state index in [1.54, 1.807) is 0 Å². The van der Waals surface area contributed by atoms with Crippen molar-refractivity contribution in [2.45, 2.75) is 44.7 Å². The fraction of sp³-hybridized carbons (Fsp3) is 0.583. The Hall–Kier alpha value is -0.920. The second kappa shape index (κ2) is 6.49. The molecule has 0 aliphatic carbocycles. The van der Waals surface area contributed by atoms with Gasteiger partial charge >= 0.3 is 0 Å². The topological polar surface area (TPSA) is 77.8 Å². The molecule has 7 heteroatoms. The first-order valence-corrected chi connectivity index (χ1v) is 8.11. The van der Waals surface area contributed by atoms with Crippen LogP contribution in [0.4, 0.5) is 0 Å². The molecule has 1 atom stereocenters. The van der Waals surface area contributed by atoms with Crippen LogP contribution in [0.3, 0.4) is 0 Å². The third kappa shape index (κ3) is 3.55. The Morgan fingerprint density at radius 2 is 2.21 bits per heavy atom. The van der Waals surface area contributed by atoms with E-state index in [9.17, 15) is 0 Å². The molecule has 0 saturated heterocycles. The summed E-state index contributed by atoms with van der Waals surface area (Å²) >= 11 is 3.35. The van der Waals surface area contributed by atoms with Crippen molar-refractivity contribution in [3.05, 3.63) is 16.5 Å². The third-order valence-electron chi connectivity index (χ3n) is 2.75. The lowest BCUT2D eigenvalue weighted by molar-refractivity contribution is 0.425. The molecule has 1 unspecified atom stereocenters. The van der Waals surface area contributed by atoms with Gasteiger partial charge in [0.25, 0.3) is 5.89 Å². The summed E-state index contributed by atoms with van der Waals surface area (Å²) in [6, 6.07) is 0. The molecule has 2 rings (SSSR count). The average molecular weight is 298 g/mol. The highest BCUT2D eigenvalue weighted by molar-refractivity contribution is 7.99. The number of aryl methyl sites for hydroxylation is 1. The maximum absolute atomic E-state index is 5.59. The number of rotatable bonds is 6. The molecule has 2 heterocycles. The zero-order valence-corrected chi connectivity index (χ0v) is 13.0. The van der Waals surface area contributed by atoms with Crippen LogP contribution in [0.15, 0.2) is 4.52 Å². The molecule has 0 spiro atoms. The van der Waals surface area contributed by atoms with Gasteiger partial charge in [-0.05, 0) is 13.3 Å².